The maximum absolute atomic E-state index is 13.1. The molecule has 2 fully saturated rings. The zero-order chi connectivity index (χ0) is 20.3. The smallest absolute Gasteiger partial charge is 0.251 e. The third-order valence-electron chi connectivity index (χ3n) is 5.97. The van der Waals surface area contributed by atoms with E-state index in [1.54, 1.807) is 22.5 Å². The largest absolute Gasteiger partial charge is 0.350 e. The number of likely N-dealkylation sites (N-methyl/N-ethyl adjacent to an activating group) is 1. The van der Waals surface area contributed by atoms with Crippen molar-refractivity contribution in [1.82, 2.24) is 14.5 Å². The van der Waals surface area contributed by atoms with Gasteiger partial charge in [0.05, 0.1) is 4.90 Å². The van der Waals surface area contributed by atoms with E-state index < -0.39 is 10.0 Å². The Morgan fingerprint density at radius 2 is 1.93 bits per heavy atom. The molecule has 0 aromatic heterocycles. The Hall–Kier alpha value is -1.44. The highest BCUT2D eigenvalue weighted by Gasteiger charge is 2.32. The molecule has 1 aromatic carbocycles. The van der Waals surface area contributed by atoms with E-state index >= 15 is 0 Å². The van der Waals surface area contributed by atoms with Crippen molar-refractivity contribution in [3.63, 3.8) is 0 Å². The van der Waals surface area contributed by atoms with Gasteiger partial charge in [-0.15, -0.1) is 0 Å². The molecule has 3 atom stereocenters. The van der Waals surface area contributed by atoms with Crippen LogP contribution in [-0.2, 0) is 10.0 Å². The molecule has 2 saturated heterocycles. The third kappa shape index (κ3) is 4.75. The number of amides is 1. The van der Waals surface area contributed by atoms with Crippen LogP contribution < -0.4 is 5.32 Å². The van der Waals surface area contributed by atoms with Crippen molar-refractivity contribution in [3.8, 4) is 0 Å². The van der Waals surface area contributed by atoms with E-state index in [0.717, 1.165) is 32.4 Å². The van der Waals surface area contributed by atoms with Gasteiger partial charge < -0.3 is 5.32 Å². The van der Waals surface area contributed by atoms with Gasteiger partial charge in [-0.3, -0.25) is 9.69 Å². The zero-order valence-corrected chi connectivity index (χ0v) is 18.0. The van der Waals surface area contributed by atoms with Gasteiger partial charge >= 0.3 is 0 Å². The van der Waals surface area contributed by atoms with Crippen LogP contribution in [0.1, 0.15) is 50.4 Å². The van der Waals surface area contributed by atoms with Crippen molar-refractivity contribution in [2.75, 3.05) is 32.7 Å². The Morgan fingerprint density at radius 3 is 2.61 bits per heavy atom. The average Bonchev–Trinajstić information content (AvgIpc) is 3.13. The SMILES string of the molecule is CCN1CCCC1CNC(=O)c1cccc(S(=O)(=O)N2CC(C)CC(C)C2)c1. The molecule has 0 saturated carbocycles. The van der Waals surface area contributed by atoms with Crippen molar-refractivity contribution in [3.05, 3.63) is 29.8 Å². The fraction of sp³-hybridized carbons (Fsp3) is 0.667. The number of carbonyl (C=O) groups is 1. The lowest BCUT2D eigenvalue weighted by atomic mass is 9.94. The number of piperidine rings is 1. The van der Waals surface area contributed by atoms with Gasteiger partial charge in [0, 0.05) is 31.2 Å². The second-order valence-electron chi connectivity index (χ2n) is 8.43. The van der Waals surface area contributed by atoms with E-state index in [9.17, 15) is 13.2 Å². The van der Waals surface area contributed by atoms with E-state index in [-0.39, 0.29) is 10.8 Å². The molecule has 1 amide bonds. The molecule has 1 aromatic rings. The van der Waals surface area contributed by atoms with Crippen LogP contribution in [0.2, 0.25) is 0 Å². The van der Waals surface area contributed by atoms with Crippen molar-refractivity contribution >= 4 is 15.9 Å². The fourth-order valence-electron chi connectivity index (χ4n) is 4.60. The highest BCUT2D eigenvalue weighted by atomic mass is 32.2. The second kappa shape index (κ2) is 8.93. The number of benzene rings is 1. The number of sulfonamides is 1. The molecule has 28 heavy (non-hydrogen) atoms. The lowest BCUT2D eigenvalue weighted by molar-refractivity contribution is 0.0941. The highest BCUT2D eigenvalue weighted by Crippen LogP contribution is 2.27. The van der Waals surface area contributed by atoms with Crippen molar-refractivity contribution in [1.29, 1.82) is 0 Å². The monoisotopic (exact) mass is 407 g/mol. The standard InChI is InChI=1S/C21H33N3O3S/c1-4-23-10-6-8-19(23)13-22-21(25)18-7-5-9-20(12-18)28(26,27)24-14-16(2)11-17(3)15-24/h5,7,9,12,16-17,19H,4,6,8,10-11,13-15H2,1-3H3,(H,22,25). The maximum Gasteiger partial charge on any atom is 0.251 e. The van der Waals surface area contributed by atoms with Gasteiger partial charge in [0.1, 0.15) is 0 Å². The molecule has 2 heterocycles. The lowest BCUT2D eigenvalue weighted by Crippen LogP contribution is -2.42. The number of rotatable bonds is 6. The Labute approximate surface area is 169 Å². The molecule has 0 aliphatic carbocycles. The number of carbonyl (C=O) groups excluding carboxylic acids is 1. The first kappa shape index (κ1) is 21.3. The Kier molecular flexibility index (Phi) is 6.78. The quantitative estimate of drug-likeness (QED) is 0.787. The molecular formula is C21H33N3O3S. The van der Waals surface area contributed by atoms with Crippen molar-refractivity contribution in [2.24, 2.45) is 11.8 Å². The van der Waals surface area contributed by atoms with E-state index in [4.69, 9.17) is 0 Å². The van der Waals surface area contributed by atoms with Crippen LogP contribution in [-0.4, -0.2) is 62.3 Å². The number of nitrogens with zero attached hydrogens (tertiary/aromatic N) is 2. The second-order valence-corrected chi connectivity index (χ2v) is 10.4. The number of likely N-dealkylation sites (tertiary alicyclic amines) is 1. The highest BCUT2D eigenvalue weighted by molar-refractivity contribution is 7.89. The van der Waals surface area contributed by atoms with E-state index in [1.807, 2.05) is 0 Å². The predicted octanol–water partition coefficient (Wildman–Crippen LogP) is 2.57. The van der Waals surface area contributed by atoms with Crippen LogP contribution in [0.25, 0.3) is 0 Å². The zero-order valence-electron chi connectivity index (χ0n) is 17.2. The van der Waals surface area contributed by atoms with Gasteiger partial charge in [-0.1, -0.05) is 26.8 Å². The first-order valence-corrected chi connectivity index (χ1v) is 11.9. The summed E-state index contributed by atoms with van der Waals surface area (Å²) in [6.07, 6.45) is 3.30. The van der Waals surface area contributed by atoms with Crippen LogP contribution in [0.15, 0.2) is 29.2 Å². The van der Waals surface area contributed by atoms with Gasteiger partial charge in [0.15, 0.2) is 0 Å². The minimum absolute atomic E-state index is 0.206. The van der Waals surface area contributed by atoms with E-state index in [0.29, 0.717) is 43.1 Å². The molecule has 0 spiro atoms. The minimum Gasteiger partial charge on any atom is -0.350 e. The Bertz CT molecular complexity index is 786. The number of nitrogens with one attached hydrogen (secondary N) is 1. The van der Waals surface area contributed by atoms with Crippen LogP contribution in [0.5, 0.6) is 0 Å². The molecule has 3 rings (SSSR count). The van der Waals surface area contributed by atoms with Crippen molar-refractivity contribution in [2.45, 2.75) is 51.0 Å². The van der Waals surface area contributed by atoms with Crippen LogP contribution in [0.4, 0.5) is 0 Å². The van der Waals surface area contributed by atoms with Gasteiger partial charge in [0.25, 0.3) is 5.91 Å². The van der Waals surface area contributed by atoms with Crippen LogP contribution in [0, 0.1) is 11.8 Å². The topological polar surface area (TPSA) is 69.7 Å². The maximum atomic E-state index is 13.1. The number of hydrogen-bond donors (Lipinski definition) is 1. The van der Waals surface area contributed by atoms with E-state index in [1.165, 1.54) is 6.07 Å². The molecule has 0 bridgehead atoms. The first-order valence-electron chi connectivity index (χ1n) is 10.4. The summed E-state index contributed by atoms with van der Waals surface area (Å²) in [5.74, 6) is 0.483. The summed E-state index contributed by atoms with van der Waals surface area (Å²) in [7, 11) is -3.58. The summed E-state index contributed by atoms with van der Waals surface area (Å²) in [5, 5.41) is 2.99. The van der Waals surface area contributed by atoms with E-state index in [2.05, 4.69) is 31.0 Å². The predicted molar refractivity (Wildman–Crippen MR) is 111 cm³/mol. The normalized spacial score (nSPS) is 27.0. The molecule has 3 unspecified atom stereocenters. The summed E-state index contributed by atoms with van der Waals surface area (Å²) in [5.41, 5.74) is 0.403. The molecule has 6 nitrogen and oxygen atoms in total. The molecule has 0 radical (unpaired) electrons. The third-order valence-corrected chi connectivity index (χ3v) is 7.80. The molecule has 1 N–H and O–H groups in total. The molecule has 2 aliphatic rings. The van der Waals surface area contributed by atoms with Crippen LogP contribution in [0.3, 0.4) is 0 Å². The van der Waals surface area contributed by atoms with Crippen molar-refractivity contribution < 1.29 is 13.2 Å². The summed E-state index contributed by atoms with van der Waals surface area (Å²) in [4.78, 5) is 15.2. The van der Waals surface area contributed by atoms with Crippen LogP contribution >= 0.6 is 0 Å². The summed E-state index contributed by atoms with van der Waals surface area (Å²) < 4.78 is 27.7. The van der Waals surface area contributed by atoms with Gasteiger partial charge in [-0.2, -0.15) is 4.31 Å². The number of hydrogen-bond acceptors (Lipinski definition) is 4. The Balaban J connectivity index is 1.70. The first-order chi connectivity index (χ1) is 13.3. The fourth-order valence-corrected chi connectivity index (χ4v) is 6.33. The summed E-state index contributed by atoms with van der Waals surface area (Å²) >= 11 is 0. The summed E-state index contributed by atoms with van der Waals surface area (Å²) in [6, 6.07) is 6.82. The average molecular weight is 408 g/mol. The molecule has 7 heteroatoms. The summed E-state index contributed by atoms with van der Waals surface area (Å²) in [6.45, 7) is 10.1. The van der Waals surface area contributed by atoms with Gasteiger partial charge in [-0.05, 0) is 62.4 Å². The molecule has 156 valence electrons. The van der Waals surface area contributed by atoms with Gasteiger partial charge in [-0.25, -0.2) is 8.42 Å². The van der Waals surface area contributed by atoms with Gasteiger partial charge in [0.2, 0.25) is 10.0 Å². The Morgan fingerprint density at radius 1 is 1.21 bits per heavy atom. The molecule has 2 aliphatic heterocycles. The lowest BCUT2D eigenvalue weighted by Gasteiger charge is -2.34. The minimum atomic E-state index is -3.58. The molecular weight excluding hydrogens is 374 g/mol.